The van der Waals surface area contributed by atoms with Crippen LogP contribution in [0.5, 0.6) is 0 Å². The fourth-order valence-electron chi connectivity index (χ4n) is 2.75. The third kappa shape index (κ3) is 3.91. The fourth-order valence-corrected chi connectivity index (χ4v) is 2.75. The topological polar surface area (TPSA) is 64.1 Å². The first-order chi connectivity index (χ1) is 9.06. The molecule has 2 rings (SSSR count). The maximum atomic E-state index is 11.5. The van der Waals surface area contributed by atoms with Gasteiger partial charge < -0.3 is 14.9 Å². The number of hydrogen-bond donors (Lipinski definition) is 1. The van der Waals surface area contributed by atoms with Crippen molar-refractivity contribution in [2.24, 2.45) is 0 Å². The van der Waals surface area contributed by atoms with Gasteiger partial charge in [-0.2, -0.15) is 0 Å². The minimum absolute atomic E-state index is 0.00983. The van der Waals surface area contributed by atoms with E-state index in [1.165, 1.54) is 6.92 Å². The zero-order valence-electron chi connectivity index (χ0n) is 11.5. The summed E-state index contributed by atoms with van der Waals surface area (Å²) in [7, 11) is 0. The van der Waals surface area contributed by atoms with Gasteiger partial charge >= 0.3 is 0 Å². The van der Waals surface area contributed by atoms with E-state index < -0.39 is 6.10 Å². The number of aliphatic hydroxyl groups is 1. The monoisotopic (exact) mass is 269 g/mol. The molecule has 2 aliphatic rings. The largest absolute Gasteiger partial charge is 0.390 e. The van der Waals surface area contributed by atoms with Gasteiger partial charge in [-0.25, -0.2) is 0 Å². The molecule has 0 radical (unpaired) electrons. The predicted octanol–water partition coefficient (Wildman–Crippen LogP) is -0.866. The Morgan fingerprint density at radius 3 is 2.68 bits per heavy atom. The molecule has 0 aromatic heterocycles. The molecule has 0 spiro atoms. The van der Waals surface area contributed by atoms with Crippen molar-refractivity contribution < 1.29 is 14.7 Å². The van der Waals surface area contributed by atoms with Crippen molar-refractivity contribution >= 4 is 11.8 Å². The lowest BCUT2D eigenvalue weighted by molar-refractivity contribution is -0.129. The Kier molecular flexibility index (Phi) is 4.76. The Balaban J connectivity index is 1.80. The number of β-amino-alcohol motifs (C(OH)–C–C–N with tert-alkyl or cyclic N) is 1. The van der Waals surface area contributed by atoms with E-state index in [1.54, 1.807) is 4.90 Å². The van der Waals surface area contributed by atoms with E-state index in [4.69, 9.17) is 0 Å². The van der Waals surface area contributed by atoms with Crippen LogP contribution in [-0.4, -0.2) is 83.5 Å². The highest BCUT2D eigenvalue weighted by Gasteiger charge is 2.24. The molecule has 0 bridgehead atoms. The second-order valence-corrected chi connectivity index (χ2v) is 5.40. The first-order valence-electron chi connectivity index (χ1n) is 7.00. The third-order valence-electron chi connectivity index (χ3n) is 3.89. The summed E-state index contributed by atoms with van der Waals surface area (Å²) in [5.41, 5.74) is 0. The lowest BCUT2D eigenvalue weighted by Gasteiger charge is -2.24. The average Bonchev–Trinajstić information content (AvgIpc) is 2.65. The zero-order chi connectivity index (χ0) is 13.8. The van der Waals surface area contributed by atoms with Crippen LogP contribution in [0.2, 0.25) is 0 Å². The van der Waals surface area contributed by atoms with E-state index >= 15 is 0 Å². The van der Waals surface area contributed by atoms with Crippen LogP contribution < -0.4 is 0 Å². The molecule has 6 heteroatoms. The number of nitrogens with zero attached hydrogens (tertiary/aromatic N) is 3. The van der Waals surface area contributed by atoms with E-state index in [9.17, 15) is 14.7 Å². The van der Waals surface area contributed by atoms with Gasteiger partial charge in [-0.05, 0) is 6.42 Å². The van der Waals surface area contributed by atoms with Crippen LogP contribution >= 0.6 is 0 Å². The Morgan fingerprint density at radius 2 is 2.05 bits per heavy atom. The SMILES string of the molecule is CC(=O)N1CCN(CCN2CCCC2=O)CC(O)C1. The Bertz CT molecular complexity index is 348. The molecule has 2 heterocycles. The molecular weight excluding hydrogens is 246 g/mol. The van der Waals surface area contributed by atoms with Crippen LogP contribution in [0.15, 0.2) is 0 Å². The smallest absolute Gasteiger partial charge is 0.222 e. The lowest BCUT2D eigenvalue weighted by atomic mass is 10.3. The van der Waals surface area contributed by atoms with E-state index in [-0.39, 0.29) is 11.8 Å². The van der Waals surface area contributed by atoms with Gasteiger partial charge in [0.25, 0.3) is 0 Å². The zero-order valence-corrected chi connectivity index (χ0v) is 11.5. The second-order valence-electron chi connectivity index (χ2n) is 5.40. The summed E-state index contributed by atoms with van der Waals surface area (Å²) in [5.74, 6) is 0.247. The van der Waals surface area contributed by atoms with E-state index in [1.807, 2.05) is 4.90 Å². The molecule has 2 saturated heterocycles. The van der Waals surface area contributed by atoms with Gasteiger partial charge in [-0.3, -0.25) is 14.5 Å². The maximum Gasteiger partial charge on any atom is 0.222 e. The molecule has 2 fully saturated rings. The van der Waals surface area contributed by atoms with Crippen LogP contribution in [0.3, 0.4) is 0 Å². The van der Waals surface area contributed by atoms with Gasteiger partial charge in [-0.1, -0.05) is 0 Å². The van der Waals surface area contributed by atoms with Crippen molar-refractivity contribution in [3.05, 3.63) is 0 Å². The summed E-state index contributed by atoms with van der Waals surface area (Å²) >= 11 is 0. The number of hydrogen-bond acceptors (Lipinski definition) is 4. The fraction of sp³-hybridized carbons (Fsp3) is 0.846. The molecule has 108 valence electrons. The Morgan fingerprint density at radius 1 is 1.26 bits per heavy atom. The number of amides is 2. The highest BCUT2D eigenvalue weighted by molar-refractivity contribution is 5.78. The highest BCUT2D eigenvalue weighted by Crippen LogP contribution is 2.10. The summed E-state index contributed by atoms with van der Waals surface area (Å²) in [5, 5.41) is 9.91. The summed E-state index contributed by atoms with van der Waals surface area (Å²) in [6.45, 7) is 6.29. The average molecular weight is 269 g/mol. The number of rotatable bonds is 3. The van der Waals surface area contributed by atoms with E-state index in [2.05, 4.69) is 4.90 Å². The Labute approximate surface area is 114 Å². The first kappa shape index (κ1) is 14.3. The molecule has 2 aliphatic heterocycles. The molecule has 0 aliphatic carbocycles. The maximum absolute atomic E-state index is 11.5. The standard InChI is InChI=1S/C13H23N3O3/c1-11(17)16-8-6-14(9-12(18)10-16)5-7-15-4-2-3-13(15)19/h12,18H,2-10H2,1H3. The van der Waals surface area contributed by atoms with Crippen LogP contribution in [0.25, 0.3) is 0 Å². The summed E-state index contributed by atoms with van der Waals surface area (Å²) in [4.78, 5) is 28.6. The van der Waals surface area contributed by atoms with Crippen molar-refractivity contribution in [1.82, 2.24) is 14.7 Å². The van der Waals surface area contributed by atoms with Gasteiger partial charge in [-0.15, -0.1) is 0 Å². The predicted molar refractivity (Wildman–Crippen MR) is 70.5 cm³/mol. The molecule has 1 unspecified atom stereocenters. The van der Waals surface area contributed by atoms with Crippen LogP contribution in [0, 0.1) is 0 Å². The molecule has 0 aromatic rings. The van der Waals surface area contributed by atoms with Crippen molar-refractivity contribution in [2.75, 3.05) is 45.8 Å². The van der Waals surface area contributed by atoms with Crippen LogP contribution in [0.4, 0.5) is 0 Å². The Hall–Kier alpha value is -1.14. The summed E-state index contributed by atoms with van der Waals surface area (Å²) < 4.78 is 0. The van der Waals surface area contributed by atoms with Gasteiger partial charge in [0.15, 0.2) is 0 Å². The quantitative estimate of drug-likeness (QED) is 0.724. The van der Waals surface area contributed by atoms with Crippen molar-refractivity contribution in [3.63, 3.8) is 0 Å². The molecule has 6 nitrogen and oxygen atoms in total. The minimum atomic E-state index is -0.499. The normalized spacial score (nSPS) is 25.8. The number of carbonyl (C=O) groups excluding carboxylic acids is 2. The van der Waals surface area contributed by atoms with Crippen LogP contribution in [0.1, 0.15) is 19.8 Å². The van der Waals surface area contributed by atoms with Crippen molar-refractivity contribution in [1.29, 1.82) is 0 Å². The highest BCUT2D eigenvalue weighted by atomic mass is 16.3. The van der Waals surface area contributed by atoms with E-state index in [0.717, 1.165) is 32.6 Å². The molecule has 2 amide bonds. The second kappa shape index (κ2) is 6.34. The minimum Gasteiger partial charge on any atom is -0.390 e. The van der Waals surface area contributed by atoms with Crippen molar-refractivity contribution in [3.8, 4) is 0 Å². The third-order valence-corrected chi connectivity index (χ3v) is 3.89. The number of carbonyl (C=O) groups is 2. The van der Waals surface area contributed by atoms with E-state index in [0.29, 0.717) is 26.1 Å². The molecular formula is C13H23N3O3. The summed E-state index contributed by atoms with van der Waals surface area (Å²) in [6.07, 6.45) is 1.13. The number of likely N-dealkylation sites (tertiary alicyclic amines) is 1. The molecule has 0 aromatic carbocycles. The molecule has 19 heavy (non-hydrogen) atoms. The lowest BCUT2D eigenvalue weighted by Crippen LogP contribution is -2.39. The summed E-state index contributed by atoms with van der Waals surface area (Å²) in [6, 6.07) is 0. The van der Waals surface area contributed by atoms with Gasteiger partial charge in [0, 0.05) is 59.2 Å². The van der Waals surface area contributed by atoms with Crippen LogP contribution in [-0.2, 0) is 9.59 Å². The van der Waals surface area contributed by atoms with Crippen molar-refractivity contribution in [2.45, 2.75) is 25.9 Å². The molecule has 1 N–H and O–H groups in total. The number of aliphatic hydroxyl groups excluding tert-OH is 1. The van der Waals surface area contributed by atoms with Gasteiger partial charge in [0.1, 0.15) is 0 Å². The van der Waals surface area contributed by atoms with Gasteiger partial charge in [0.05, 0.1) is 6.10 Å². The molecule has 1 atom stereocenters. The molecule has 0 saturated carbocycles. The first-order valence-corrected chi connectivity index (χ1v) is 7.00. The van der Waals surface area contributed by atoms with Gasteiger partial charge in [0.2, 0.25) is 11.8 Å².